The Morgan fingerprint density at radius 1 is 1.24 bits per heavy atom. The lowest BCUT2D eigenvalue weighted by molar-refractivity contribution is 0.0970. The van der Waals surface area contributed by atoms with Gasteiger partial charge in [0.1, 0.15) is 24.4 Å². The van der Waals surface area contributed by atoms with Gasteiger partial charge in [-0.25, -0.2) is 9.97 Å². The summed E-state index contributed by atoms with van der Waals surface area (Å²) in [6.45, 7) is 3.23. The number of likely N-dealkylation sites (N-methyl/N-ethyl adjacent to an activating group) is 1. The van der Waals surface area contributed by atoms with Crippen LogP contribution in [0.5, 0.6) is 5.75 Å². The van der Waals surface area contributed by atoms with Crippen molar-refractivity contribution < 1.29 is 14.3 Å². The van der Waals surface area contributed by atoms with E-state index in [0.29, 0.717) is 29.1 Å². The molecule has 0 aliphatic carbocycles. The van der Waals surface area contributed by atoms with Crippen LogP contribution in [0.1, 0.15) is 26.5 Å². The fourth-order valence-corrected chi connectivity index (χ4v) is 3.77. The number of H-pyrrole nitrogens is 1. The molecule has 0 bridgehead atoms. The van der Waals surface area contributed by atoms with Crippen LogP contribution in [0.25, 0.3) is 16.7 Å². The van der Waals surface area contributed by atoms with E-state index < -0.39 is 11.8 Å². The van der Waals surface area contributed by atoms with Gasteiger partial charge in [0.25, 0.3) is 11.8 Å². The van der Waals surface area contributed by atoms with Crippen LogP contribution in [0.2, 0.25) is 0 Å². The number of rotatable bonds is 8. The third-order valence-corrected chi connectivity index (χ3v) is 5.63. The summed E-state index contributed by atoms with van der Waals surface area (Å²) in [5.41, 5.74) is 8.30. The molecule has 4 rings (SSSR count). The van der Waals surface area contributed by atoms with Crippen molar-refractivity contribution in [3.8, 4) is 11.4 Å². The van der Waals surface area contributed by atoms with E-state index in [4.69, 9.17) is 10.5 Å². The average Bonchev–Trinajstić information content (AvgIpc) is 3.38. The Balaban J connectivity index is 1.63. The first-order chi connectivity index (χ1) is 16.2. The Labute approximate surface area is 204 Å². The Morgan fingerprint density at radius 3 is 2.76 bits per heavy atom. The highest BCUT2D eigenvalue weighted by atomic mass is 79.9. The molecule has 2 heterocycles. The molecule has 10 nitrogen and oxygen atoms in total. The standard InChI is InChI=1S/C23H24BrN7O3/c1-13-4-5-14(24)10-18(13)31-12-26-19(21(25)32)20(31)22(33)29-23-27-16-7-6-15(11-17(16)28-23)34-9-8-30(2)3/h4-7,10-12H,8-9H2,1-3H3,(H2,25,32)(H2,27,28,29,33). The van der Waals surface area contributed by atoms with Gasteiger partial charge in [0.15, 0.2) is 5.69 Å². The first-order valence-corrected chi connectivity index (χ1v) is 11.2. The van der Waals surface area contributed by atoms with E-state index in [-0.39, 0.29) is 17.3 Å². The lowest BCUT2D eigenvalue weighted by Gasteiger charge is -2.12. The molecule has 0 aliphatic heterocycles. The largest absolute Gasteiger partial charge is 0.492 e. The zero-order valence-electron chi connectivity index (χ0n) is 18.9. The molecule has 2 amide bonds. The maximum Gasteiger partial charge on any atom is 0.277 e. The Bertz CT molecular complexity index is 1380. The van der Waals surface area contributed by atoms with Gasteiger partial charge in [-0.05, 0) is 50.8 Å². The van der Waals surface area contributed by atoms with Crippen molar-refractivity contribution >= 4 is 44.7 Å². The van der Waals surface area contributed by atoms with E-state index in [1.807, 2.05) is 56.3 Å². The monoisotopic (exact) mass is 525 g/mol. The zero-order valence-corrected chi connectivity index (χ0v) is 20.5. The zero-order chi connectivity index (χ0) is 24.4. The Kier molecular flexibility index (Phi) is 6.66. The molecule has 0 saturated carbocycles. The molecule has 34 heavy (non-hydrogen) atoms. The number of aromatic amines is 1. The number of amides is 2. The van der Waals surface area contributed by atoms with Crippen molar-refractivity contribution in [2.24, 2.45) is 5.73 Å². The number of aryl methyl sites for hydroxylation is 1. The van der Waals surface area contributed by atoms with Crippen LogP contribution in [0, 0.1) is 6.92 Å². The first-order valence-electron chi connectivity index (χ1n) is 10.4. The molecule has 0 radical (unpaired) electrons. The van der Waals surface area contributed by atoms with Crippen LogP contribution in [0.3, 0.4) is 0 Å². The molecule has 0 fully saturated rings. The van der Waals surface area contributed by atoms with Crippen molar-refractivity contribution in [1.82, 2.24) is 24.4 Å². The fraction of sp³-hybridized carbons (Fsp3) is 0.217. The number of hydrogen-bond acceptors (Lipinski definition) is 6. The summed E-state index contributed by atoms with van der Waals surface area (Å²) >= 11 is 3.44. The lowest BCUT2D eigenvalue weighted by atomic mass is 10.2. The van der Waals surface area contributed by atoms with Crippen molar-refractivity contribution in [1.29, 1.82) is 0 Å². The molecule has 0 spiro atoms. The number of aromatic nitrogens is 4. The quantitative estimate of drug-likeness (QED) is 0.324. The van der Waals surface area contributed by atoms with Gasteiger partial charge in [0.2, 0.25) is 5.95 Å². The summed E-state index contributed by atoms with van der Waals surface area (Å²) in [5.74, 6) is -0.470. The van der Waals surface area contributed by atoms with E-state index in [1.54, 1.807) is 6.07 Å². The summed E-state index contributed by atoms with van der Waals surface area (Å²) in [6.07, 6.45) is 1.40. The third-order valence-electron chi connectivity index (χ3n) is 5.14. The normalized spacial score (nSPS) is 11.2. The number of anilines is 1. The van der Waals surface area contributed by atoms with Crippen LogP contribution in [0.4, 0.5) is 5.95 Å². The van der Waals surface area contributed by atoms with Crippen molar-refractivity contribution in [3.05, 3.63) is 64.1 Å². The molecule has 176 valence electrons. The molecule has 0 aliphatic rings. The summed E-state index contributed by atoms with van der Waals surface area (Å²) in [6, 6.07) is 11.0. The van der Waals surface area contributed by atoms with E-state index in [1.165, 1.54) is 10.9 Å². The number of benzene rings is 2. The number of hydrogen-bond donors (Lipinski definition) is 3. The van der Waals surface area contributed by atoms with Gasteiger partial charge in [0.05, 0.1) is 16.7 Å². The maximum atomic E-state index is 13.3. The smallest absolute Gasteiger partial charge is 0.277 e. The molecule has 0 atom stereocenters. The minimum Gasteiger partial charge on any atom is -0.492 e. The van der Waals surface area contributed by atoms with Gasteiger partial charge in [-0.1, -0.05) is 22.0 Å². The molecule has 4 aromatic rings. The first kappa shape index (κ1) is 23.5. The number of imidazole rings is 2. The van der Waals surface area contributed by atoms with Crippen LogP contribution < -0.4 is 15.8 Å². The minimum atomic E-state index is -0.805. The molecule has 2 aromatic carbocycles. The molecule has 2 aromatic heterocycles. The number of fused-ring (bicyclic) bond motifs is 1. The van der Waals surface area contributed by atoms with Gasteiger partial charge in [-0.3, -0.25) is 19.5 Å². The number of nitrogens with one attached hydrogen (secondary N) is 2. The molecular formula is C23H24BrN7O3. The second-order valence-corrected chi connectivity index (χ2v) is 8.89. The molecule has 0 saturated heterocycles. The predicted octanol–water partition coefficient (Wildman–Crippen LogP) is 3.11. The highest BCUT2D eigenvalue weighted by molar-refractivity contribution is 9.10. The van der Waals surface area contributed by atoms with Gasteiger partial charge >= 0.3 is 0 Å². The Hall–Kier alpha value is -3.70. The summed E-state index contributed by atoms with van der Waals surface area (Å²) in [4.78, 5) is 38.9. The Morgan fingerprint density at radius 2 is 2.03 bits per heavy atom. The second kappa shape index (κ2) is 9.65. The predicted molar refractivity (Wildman–Crippen MR) is 133 cm³/mol. The van der Waals surface area contributed by atoms with E-state index in [0.717, 1.165) is 16.6 Å². The van der Waals surface area contributed by atoms with Crippen molar-refractivity contribution in [2.45, 2.75) is 6.92 Å². The van der Waals surface area contributed by atoms with Crippen LogP contribution in [0.15, 0.2) is 47.2 Å². The van der Waals surface area contributed by atoms with Crippen LogP contribution in [-0.4, -0.2) is 63.5 Å². The average molecular weight is 526 g/mol. The fourth-order valence-electron chi connectivity index (χ4n) is 3.42. The number of carbonyl (C=O) groups excluding carboxylic acids is 2. The SMILES string of the molecule is Cc1ccc(Br)cc1-n1cnc(C(N)=O)c1C(=O)Nc1nc2ccc(OCCN(C)C)cc2[nH]1. The van der Waals surface area contributed by atoms with Crippen LogP contribution >= 0.6 is 15.9 Å². The number of halogens is 1. The second-order valence-electron chi connectivity index (χ2n) is 7.98. The van der Waals surface area contributed by atoms with Crippen molar-refractivity contribution in [2.75, 3.05) is 32.6 Å². The topological polar surface area (TPSA) is 131 Å². The summed E-state index contributed by atoms with van der Waals surface area (Å²) in [5, 5.41) is 2.72. The molecular weight excluding hydrogens is 502 g/mol. The van der Waals surface area contributed by atoms with Gasteiger partial charge in [-0.15, -0.1) is 0 Å². The third kappa shape index (κ3) is 4.95. The highest BCUT2D eigenvalue weighted by Crippen LogP contribution is 2.24. The number of primary amides is 1. The lowest BCUT2D eigenvalue weighted by Crippen LogP contribution is -2.23. The minimum absolute atomic E-state index is 0.0156. The van der Waals surface area contributed by atoms with E-state index in [9.17, 15) is 9.59 Å². The van der Waals surface area contributed by atoms with Crippen LogP contribution in [-0.2, 0) is 0 Å². The summed E-state index contributed by atoms with van der Waals surface area (Å²) in [7, 11) is 3.95. The van der Waals surface area contributed by atoms with E-state index >= 15 is 0 Å². The van der Waals surface area contributed by atoms with Gasteiger partial charge in [-0.2, -0.15) is 0 Å². The van der Waals surface area contributed by atoms with E-state index in [2.05, 4.69) is 36.2 Å². The molecule has 11 heteroatoms. The highest BCUT2D eigenvalue weighted by Gasteiger charge is 2.25. The number of nitrogens with two attached hydrogens (primary N) is 1. The number of ether oxygens (including phenoxy) is 1. The number of nitrogens with zero attached hydrogens (tertiary/aromatic N) is 4. The van der Waals surface area contributed by atoms with Crippen molar-refractivity contribution in [3.63, 3.8) is 0 Å². The number of carbonyl (C=O) groups is 2. The maximum absolute atomic E-state index is 13.3. The summed E-state index contributed by atoms with van der Waals surface area (Å²) < 4.78 is 8.11. The molecule has 4 N–H and O–H groups in total. The molecule has 0 unspecified atom stereocenters. The van der Waals surface area contributed by atoms with Gasteiger partial charge in [0, 0.05) is 17.1 Å². The van der Waals surface area contributed by atoms with Gasteiger partial charge < -0.3 is 20.4 Å².